The second-order valence-corrected chi connectivity index (χ2v) is 4.59. The summed E-state index contributed by atoms with van der Waals surface area (Å²) in [6.45, 7) is 5.36. The molecule has 1 atom stereocenters. The van der Waals surface area contributed by atoms with Crippen LogP contribution in [0.3, 0.4) is 0 Å². The summed E-state index contributed by atoms with van der Waals surface area (Å²) in [5.41, 5.74) is 7.70. The number of anilines is 1. The summed E-state index contributed by atoms with van der Waals surface area (Å²) < 4.78 is 18.7. The molecule has 4 heteroatoms. The summed E-state index contributed by atoms with van der Waals surface area (Å²) >= 11 is 0. The maximum absolute atomic E-state index is 13.4. The summed E-state index contributed by atoms with van der Waals surface area (Å²) in [7, 11) is 0. The van der Waals surface area contributed by atoms with Gasteiger partial charge in [0.25, 0.3) is 0 Å². The van der Waals surface area contributed by atoms with Gasteiger partial charge < -0.3 is 15.1 Å². The van der Waals surface area contributed by atoms with E-state index in [9.17, 15) is 4.39 Å². The van der Waals surface area contributed by atoms with E-state index in [0.29, 0.717) is 6.54 Å². The smallest absolute Gasteiger partial charge is 0.123 e. The Bertz CT molecular complexity index is 523. The number of halogens is 1. The molecule has 0 amide bonds. The first-order valence-corrected chi connectivity index (χ1v) is 6.44. The van der Waals surface area contributed by atoms with Crippen LogP contribution in [0.25, 0.3) is 0 Å². The minimum absolute atomic E-state index is 0.212. The van der Waals surface area contributed by atoms with E-state index in [1.807, 2.05) is 19.1 Å². The van der Waals surface area contributed by atoms with E-state index in [2.05, 4.69) is 11.8 Å². The fraction of sp³-hybridized carbons (Fsp3) is 0.333. The molecule has 2 rings (SSSR count). The molecule has 102 valence electrons. The summed E-state index contributed by atoms with van der Waals surface area (Å²) in [5.74, 6) is 0.618. The molecular weight excluding hydrogens is 243 g/mol. The fourth-order valence-electron chi connectivity index (χ4n) is 2.14. The molecule has 1 unspecified atom stereocenters. The molecule has 1 heterocycles. The van der Waals surface area contributed by atoms with Crippen LogP contribution in [0.1, 0.15) is 31.2 Å². The van der Waals surface area contributed by atoms with E-state index in [0.717, 1.165) is 23.6 Å². The zero-order valence-electron chi connectivity index (χ0n) is 11.3. The first-order valence-electron chi connectivity index (χ1n) is 6.44. The Morgan fingerprint density at radius 3 is 2.74 bits per heavy atom. The van der Waals surface area contributed by atoms with Crippen LogP contribution in [-0.4, -0.2) is 6.54 Å². The van der Waals surface area contributed by atoms with Crippen molar-refractivity contribution in [3.8, 4) is 0 Å². The minimum atomic E-state index is -0.259. The summed E-state index contributed by atoms with van der Waals surface area (Å²) in [6, 6.07) is 8.33. The number of nitrogens with zero attached hydrogens (tertiary/aromatic N) is 1. The van der Waals surface area contributed by atoms with Gasteiger partial charge in [0, 0.05) is 18.3 Å². The predicted molar refractivity (Wildman–Crippen MR) is 74.4 cm³/mol. The average Bonchev–Trinajstić information content (AvgIpc) is 2.89. The lowest BCUT2D eigenvalue weighted by molar-refractivity contribution is 0.503. The maximum atomic E-state index is 13.4. The molecule has 1 aromatic heterocycles. The quantitative estimate of drug-likeness (QED) is 0.897. The van der Waals surface area contributed by atoms with Crippen molar-refractivity contribution in [1.29, 1.82) is 0 Å². The molecule has 0 saturated heterocycles. The van der Waals surface area contributed by atoms with Gasteiger partial charge in [-0.1, -0.05) is 0 Å². The van der Waals surface area contributed by atoms with E-state index < -0.39 is 0 Å². The number of nitrogens with two attached hydrogens (primary N) is 1. The predicted octanol–water partition coefficient (Wildman–Crippen LogP) is 3.46. The van der Waals surface area contributed by atoms with Gasteiger partial charge in [-0.3, -0.25) is 0 Å². The molecule has 0 fully saturated rings. The zero-order valence-corrected chi connectivity index (χ0v) is 11.3. The third-order valence-corrected chi connectivity index (χ3v) is 3.13. The Hall–Kier alpha value is -1.81. The van der Waals surface area contributed by atoms with Crippen LogP contribution in [0.15, 0.2) is 41.0 Å². The van der Waals surface area contributed by atoms with Crippen molar-refractivity contribution in [3.63, 3.8) is 0 Å². The molecular formula is C15H19FN2O. The number of benzene rings is 1. The number of furan rings is 1. The van der Waals surface area contributed by atoms with Crippen molar-refractivity contribution in [2.75, 3.05) is 11.4 Å². The van der Waals surface area contributed by atoms with E-state index in [1.165, 1.54) is 12.1 Å². The first-order chi connectivity index (χ1) is 9.11. The SMILES string of the molecule is CCN(Cc1ccco1)c1ccc(F)cc1C(C)N. The Kier molecular flexibility index (Phi) is 4.22. The monoisotopic (exact) mass is 262 g/mol. The maximum Gasteiger partial charge on any atom is 0.123 e. The van der Waals surface area contributed by atoms with Gasteiger partial charge in [0.1, 0.15) is 11.6 Å². The van der Waals surface area contributed by atoms with Crippen LogP contribution in [0, 0.1) is 5.82 Å². The van der Waals surface area contributed by atoms with Gasteiger partial charge in [0.15, 0.2) is 0 Å². The second-order valence-electron chi connectivity index (χ2n) is 4.59. The van der Waals surface area contributed by atoms with Crippen molar-refractivity contribution < 1.29 is 8.81 Å². The van der Waals surface area contributed by atoms with E-state index in [1.54, 1.807) is 12.3 Å². The standard InChI is InChI=1S/C15H19FN2O/c1-3-18(10-13-5-4-8-19-13)15-7-6-12(16)9-14(15)11(2)17/h4-9,11H,3,10,17H2,1-2H3. The zero-order chi connectivity index (χ0) is 13.8. The van der Waals surface area contributed by atoms with Crippen molar-refractivity contribution in [3.05, 3.63) is 53.7 Å². The Morgan fingerprint density at radius 1 is 1.37 bits per heavy atom. The van der Waals surface area contributed by atoms with Crippen LogP contribution < -0.4 is 10.6 Å². The minimum Gasteiger partial charge on any atom is -0.467 e. The Morgan fingerprint density at radius 2 is 2.16 bits per heavy atom. The fourth-order valence-corrected chi connectivity index (χ4v) is 2.14. The third kappa shape index (κ3) is 3.15. The Labute approximate surface area is 112 Å². The van der Waals surface area contributed by atoms with Gasteiger partial charge in [-0.2, -0.15) is 0 Å². The van der Waals surface area contributed by atoms with Crippen molar-refractivity contribution in [1.82, 2.24) is 0 Å². The second kappa shape index (κ2) is 5.89. The molecule has 3 nitrogen and oxygen atoms in total. The van der Waals surface area contributed by atoms with Gasteiger partial charge in [0.2, 0.25) is 0 Å². The average molecular weight is 262 g/mol. The van der Waals surface area contributed by atoms with Gasteiger partial charge >= 0.3 is 0 Å². The molecule has 1 aromatic carbocycles. The highest BCUT2D eigenvalue weighted by Crippen LogP contribution is 2.27. The lowest BCUT2D eigenvalue weighted by Gasteiger charge is -2.26. The molecule has 2 aromatic rings. The van der Waals surface area contributed by atoms with Crippen molar-refractivity contribution in [2.24, 2.45) is 5.73 Å². The topological polar surface area (TPSA) is 42.4 Å². The van der Waals surface area contributed by atoms with E-state index in [4.69, 9.17) is 10.2 Å². The normalized spacial score (nSPS) is 12.4. The highest BCUT2D eigenvalue weighted by Gasteiger charge is 2.14. The highest BCUT2D eigenvalue weighted by atomic mass is 19.1. The molecule has 2 N–H and O–H groups in total. The summed E-state index contributed by atoms with van der Waals surface area (Å²) in [6.07, 6.45) is 1.65. The van der Waals surface area contributed by atoms with E-state index in [-0.39, 0.29) is 11.9 Å². The molecule has 0 saturated carbocycles. The number of hydrogen-bond acceptors (Lipinski definition) is 3. The Balaban J connectivity index is 2.32. The van der Waals surface area contributed by atoms with Crippen LogP contribution in [0.4, 0.5) is 10.1 Å². The van der Waals surface area contributed by atoms with E-state index >= 15 is 0 Å². The molecule has 19 heavy (non-hydrogen) atoms. The van der Waals surface area contributed by atoms with Gasteiger partial charge in [-0.15, -0.1) is 0 Å². The summed E-state index contributed by atoms with van der Waals surface area (Å²) in [5, 5.41) is 0. The lowest BCUT2D eigenvalue weighted by atomic mass is 10.1. The third-order valence-electron chi connectivity index (χ3n) is 3.13. The largest absolute Gasteiger partial charge is 0.467 e. The molecule has 0 spiro atoms. The number of hydrogen-bond donors (Lipinski definition) is 1. The van der Waals surface area contributed by atoms with Crippen molar-refractivity contribution >= 4 is 5.69 Å². The molecule has 0 aliphatic rings. The molecule has 0 radical (unpaired) electrons. The molecule has 0 aliphatic carbocycles. The molecule has 0 bridgehead atoms. The molecule has 0 aliphatic heterocycles. The van der Waals surface area contributed by atoms with Crippen molar-refractivity contribution in [2.45, 2.75) is 26.4 Å². The van der Waals surface area contributed by atoms with Gasteiger partial charge in [-0.25, -0.2) is 4.39 Å². The van der Waals surface area contributed by atoms with Gasteiger partial charge in [-0.05, 0) is 49.7 Å². The van der Waals surface area contributed by atoms with Gasteiger partial charge in [0.05, 0.1) is 12.8 Å². The van der Waals surface area contributed by atoms with Crippen LogP contribution in [0.2, 0.25) is 0 Å². The number of rotatable bonds is 5. The first kappa shape index (κ1) is 13.6. The summed E-state index contributed by atoms with van der Waals surface area (Å²) in [4.78, 5) is 2.12. The highest BCUT2D eigenvalue weighted by molar-refractivity contribution is 5.55. The lowest BCUT2D eigenvalue weighted by Crippen LogP contribution is -2.24. The van der Waals surface area contributed by atoms with Crippen LogP contribution in [-0.2, 0) is 6.54 Å². The van der Waals surface area contributed by atoms with Crippen LogP contribution in [0.5, 0.6) is 0 Å². The van der Waals surface area contributed by atoms with Crippen LogP contribution >= 0.6 is 0 Å².